The monoisotopic (exact) mass is 359 g/mol. The molecule has 0 N–H and O–H groups in total. The van der Waals surface area contributed by atoms with Crippen LogP contribution in [0, 0.1) is 5.41 Å². The third kappa shape index (κ3) is 2.83. The van der Waals surface area contributed by atoms with Gasteiger partial charge in [-0.2, -0.15) is 0 Å². The lowest BCUT2D eigenvalue weighted by Gasteiger charge is -2.47. The normalized spacial score (nSPS) is 25.3. The van der Waals surface area contributed by atoms with Gasteiger partial charge in [-0.3, -0.25) is 0 Å². The molecule has 2 unspecified atom stereocenters. The molecule has 1 saturated carbocycles. The Labute approximate surface area is 165 Å². The smallest absolute Gasteiger partial charge is 0.0491 e. The minimum absolute atomic E-state index is 0.303. The van der Waals surface area contributed by atoms with Crippen molar-refractivity contribution >= 4 is 5.70 Å². The maximum Gasteiger partial charge on any atom is 0.0491 e. The average molecular weight is 360 g/mol. The van der Waals surface area contributed by atoms with Crippen molar-refractivity contribution in [2.45, 2.75) is 71.8 Å². The third-order valence-corrected chi connectivity index (χ3v) is 6.92. The summed E-state index contributed by atoms with van der Waals surface area (Å²) < 4.78 is 0. The van der Waals surface area contributed by atoms with Gasteiger partial charge in [0.1, 0.15) is 0 Å². The first-order valence-corrected chi connectivity index (χ1v) is 10.6. The van der Waals surface area contributed by atoms with Crippen molar-refractivity contribution in [3.05, 3.63) is 77.0 Å². The number of rotatable bonds is 4. The summed E-state index contributed by atoms with van der Waals surface area (Å²) in [6, 6.07) is 7.67. The van der Waals surface area contributed by atoms with E-state index in [4.69, 9.17) is 0 Å². The minimum atomic E-state index is 0.303. The molecule has 3 aliphatic rings. The summed E-state index contributed by atoms with van der Waals surface area (Å²) in [5, 5.41) is 0. The summed E-state index contributed by atoms with van der Waals surface area (Å²) in [5.74, 6) is 0.612. The Balaban J connectivity index is 1.88. The molecule has 2 heterocycles. The van der Waals surface area contributed by atoms with Gasteiger partial charge in [-0.25, -0.2) is 0 Å². The molecule has 0 radical (unpaired) electrons. The lowest BCUT2D eigenvalue weighted by Crippen LogP contribution is -2.45. The molecule has 1 aliphatic carbocycles. The molecule has 2 aliphatic heterocycles. The zero-order valence-corrected chi connectivity index (χ0v) is 17.4. The fourth-order valence-electron chi connectivity index (χ4n) is 5.45. The van der Waals surface area contributed by atoms with E-state index < -0.39 is 0 Å². The first-order valence-electron chi connectivity index (χ1n) is 10.6. The fourth-order valence-corrected chi connectivity index (χ4v) is 5.45. The van der Waals surface area contributed by atoms with Crippen LogP contribution in [0.2, 0.25) is 0 Å². The van der Waals surface area contributed by atoms with Crippen LogP contribution in [-0.4, -0.2) is 10.9 Å². The van der Waals surface area contributed by atoms with Gasteiger partial charge in [0, 0.05) is 29.4 Å². The SMILES string of the molecule is C=C1C=C2c3cc(CC)ccc3C3CCC(C)(C)C3N2C=C1C(=C)CCC. The van der Waals surface area contributed by atoms with Crippen LogP contribution in [-0.2, 0) is 6.42 Å². The van der Waals surface area contributed by atoms with Crippen LogP contribution in [0.3, 0.4) is 0 Å². The average Bonchev–Trinajstić information content (AvgIpc) is 2.97. The Kier molecular flexibility index (Phi) is 4.45. The second-order valence-electron chi connectivity index (χ2n) is 9.21. The van der Waals surface area contributed by atoms with Crippen LogP contribution in [0.4, 0.5) is 0 Å². The quantitative estimate of drug-likeness (QED) is 0.560. The first-order chi connectivity index (χ1) is 12.9. The van der Waals surface area contributed by atoms with Crippen molar-refractivity contribution in [2.24, 2.45) is 5.41 Å². The van der Waals surface area contributed by atoms with Crippen molar-refractivity contribution in [3.63, 3.8) is 0 Å². The van der Waals surface area contributed by atoms with Crippen LogP contribution < -0.4 is 0 Å². The molecular weight excluding hydrogens is 326 g/mol. The minimum Gasteiger partial charge on any atom is -0.343 e. The number of hydrogen-bond donors (Lipinski definition) is 0. The van der Waals surface area contributed by atoms with Crippen molar-refractivity contribution in [1.29, 1.82) is 0 Å². The van der Waals surface area contributed by atoms with E-state index in [9.17, 15) is 0 Å². The highest BCUT2D eigenvalue weighted by atomic mass is 15.2. The number of allylic oxidation sites excluding steroid dienone is 4. The van der Waals surface area contributed by atoms with E-state index in [1.807, 2.05) is 0 Å². The summed E-state index contributed by atoms with van der Waals surface area (Å²) in [4.78, 5) is 2.59. The maximum atomic E-state index is 4.40. The van der Waals surface area contributed by atoms with Crippen molar-refractivity contribution in [1.82, 2.24) is 4.90 Å². The van der Waals surface area contributed by atoms with Gasteiger partial charge in [0.2, 0.25) is 0 Å². The highest BCUT2D eigenvalue weighted by molar-refractivity contribution is 5.78. The number of fused-ring (bicyclic) bond motifs is 6. The van der Waals surface area contributed by atoms with Crippen LogP contribution in [0.5, 0.6) is 0 Å². The molecule has 0 bridgehead atoms. The van der Waals surface area contributed by atoms with E-state index in [1.165, 1.54) is 40.8 Å². The van der Waals surface area contributed by atoms with Crippen molar-refractivity contribution < 1.29 is 0 Å². The summed E-state index contributed by atoms with van der Waals surface area (Å²) >= 11 is 0. The number of nitrogens with zero attached hydrogens (tertiary/aromatic N) is 1. The second kappa shape index (κ2) is 6.55. The molecule has 1 aromatic rings. The Bertz CT molecular complexity index is 864. The molecule has 142 valence electrons. The topological polar surface area (TPSA) is 3.24 Å². The lowest BCUT2D eigenvalue weighted by molar-refractivity contribution is 0.195. The van der Waals surface area contributed by atoms with E-state index in [2.05, 4.69) is 76.2 Å². The van der Waals surface area contributed by atoms with Gasteiger partial charge in [-0.15, -0.1) is 0 Å². The van der Waals surface area contributed by atoms with Gasteiger partial charge < -0.3 is 4.90 Å². The van der Waals surface area contributed by atoms with Gasteiger partial charge in [0.05, 0.1) is 0 Å². The third-order valence-electron chi connectivity index (χ3n) is 6.92. The van der Waals surface area contributed by atoms with Gasteiger partial charge in [0.15, 0.2) is 0 Å². The molecule has 0 amide bonds. The van der Waals surface area contributed by atoms with Gasteiger partial charge >= 0.3 is 0 Å². The molecule has 0 saturated heterocycles. The molecule has 1 fully saturated rings. The Morgan fingerprint density at radius 2 is 2.04 bits per heavy atom. The Morgan fingerprint density at radius 3 is 2.74 bits per heavy atom. The van der Waals surface area contributed by atoms with Crippen LogP contribution in [0.1, 0.15) is 76.0 Å². The number of aryl methyl sites for hydroxylation is 1. The summed E-state index contributed by atoms with van der Waals surface area (Å²) in [6.45, 7) is 18.1. The Hall–Kier alpha value is -2.02. The molecule has 0 spiro atoms. The van der Waals surface area contributed by atoms with Gasteiger partial charge in [-0.1, -0.05) is 59.4 Å². The highest BCUT2D eigenvalue weighted by Gasteiger charge is 2.50. The van der Waals surface area contributed by atoms with E-state index in [0.717, 1.165) is 24.8 Å². The molecule has 27 heavy (non-hydrogen) atoms. The van der Waals surface area contributed by atoms with Crippen molar-refractivity contribution in [2.75, 3.05) is 0 Å². The summed E-state index contributed by atoms with van der Waals surface area (Å²) in [6.07, 6.45) is 10.5. The number of hydrogen-bond acceptors (Lipinski definition) is 1. The highest BCUT2D eigenvalue weighted by Crippen LogP contribution is 2.56. The molecule has 1 nitrogen and oxygen atoms in total. The van der Waals surface area contributed by atoms with E-state index in [-0.39, 0.29) is 0 Å². The van der Waals surface area contributed by atoms with Gasteiger partial charge in [-0.05, 0) is 71.1 Å². The predicted molar refractivity (Wildman–Crippen MR) is 116 cm³/mol. The van der Waals surface area contributed by atoms with E-state index in [0.29, 0.717) is 17.4 Å². The van der Waals surface area contributed by atoms with E-state index >= 15 is 0 Å². The lowest BCUT2D eigenvalue weighted by atomic mass is 9.75. The zero-order chi connectivity index (χ0) is 19.3. The first kappa shape index (κ1) is 18.3. The van der Waals surface area contributed by atoms with Crippen molar-refractivity contribution in [3.8, 4) is 0 Å². The van der Waals surface area contributed by atoms with E-state index in [1.54, 1.807) is 5.56 Å². The van der Waals surface area contributed by atoms with Crippen LogP contribution in [0.15, 0.2) is 60.4 Å². The number of benzene rings is 1. The molecule has 1 aromatic carbocycles. The molecule has 4 rings (SSSR count). The maximum absolute atomic E-state index is 4.40. The molecular formula is C26H33N. The fraction of sp³-hybridized carbons (Fsp3) is 0.462. The standard InChI is InChI=1S/C26H33N/c1-7-9-17(3)23-16-27-24(14-18(23)4)22-15-19(8-2)10-11-20(22)21-12-13-26(5,6)25(21)27/h10-11,14-16,21,25H,3-4,7-9,12-13H2,1-2,5-6H3. The molecule has 1 heteroatoms. The van der Waals surface area contributed by atoms with Gasteiger partial charge in [0.25, 0.3) is 0 Å². The molecule has 2 atom stereocenters. The summed E-state index contributed by atoms with van der Waals surface area (Å²) in [7, 11) is 0. The molecule has 0 aromatic heterocycles. The second-order valence-corrected chi connectivity index (χ2v) is 9.21. The Morgan fingerprint density at radius 1 is 1.26 bits per heavy atom. The zero-order valence-electron chi connectivity index (χ0n) is 17.4. The largest absolute Gasteiger partial charge is 0.343 e. The van der Waals surface area contributed by atoms with Crippen LogP contribution in [0.25, 0.3) is 5.70 Å². The predicted octanol–water partition coefficient (Wildman–Crippen LogP) is 6.99. The summed E-state index contributed by atoms with van der Waals surface area (Å²) in [5.41, 5.74) is 9.61. The van der Waals surface area contributed by atoms with Crippen LogP contribution >= 0.6 is 0 Å².